The zero-order chi connectivity index (χ0) is 15.2. The van der Waals surface area contributed by atoms with E-state index in [9.17, 15) is 9.65 Å². The van der Waals surface area contributed by atoms with E-state index < -0.39 is 0 Å². The molecule has 0 aliphatic carbocycles. The Bertz CT molecular complexity index is 501. The lowest BCUT2D eigenvalue weighted by molar-refractivity contribution is 0.163. The molecular formula is C17H24FN3. The molecule has 1 aromatic carbocycles. The van der Waals surface area contributed by atoms with Crippen LogP contribution in [0.25, 0.3) is 0 Å². The largest absolute Gasteiger partial charge is 0.316 e. The van der Waals surface area contributed by atoms with Gasteiger partial charge in [0.15, 0.2) is 0 Å². The predicted octanol–water partition coefficient (Wildman–Crippen LogP) is 2.91. The van der Waals surface area contributed by atoms with Crippen molar-refractivity contribution in [2.45, 2.75) is 39.3 Å². The molecule has 3 nitrogen and oxygen atoms in total. The molecule has 1 atom stereocenters. The Balaban J connectivity index is 2.09. The highest BCUT2D eigenvalue weighted by atomic mass is 19.1. The van der Waals surface area contributed by atoms with Gasteiger partial charge in [0.2, 0.25) is 0 Å². The normalized spacial score (nSPS) is 19.0. The first-order valence-electron chi connectivity index (χ1n) is 7.73. The van der Waals surface area contributed by atoms with Gasteiger partial charge in [0.05, 0.1) is 11.6 Å². The number of halogens is 1. The van der Waals surface area contributed by atoms with E-state index in [2.05, 4.69) is 30.1 Å². The first-order chi connectivity index (χ1) is 10.1. The van der Waals surface area contributed by atoms with Gasteiger partial charge in [0, 0.05) is 19.1 Å². The summed E-state index contributed by atoms with van der Waals surface area (Å²) in [7, 11) is 0. The summed E-state index contributed by atoms with van der Waals surface area (Å²) in [5, 5.41) is 12.6. The van der Waals surface area contributed by atoms with Crippen molar-refractivity contribution in [3.8, 4) is 6.07 Å². The lowest BCUT2D eigenvalue weighted by atomic mass is 9.98. The molecule has 0 aromatic heterocycles. The number of benzene rings is 1. The van der Waals surface area contributed by atoms with Gasteiger partial charge in [-0.05, 0) is 69.5 Å². The standard InChI is InChI=1S/C17H24FN3/c1-13(2)21(11-14-4-3-7-20-10-14)12-16-8-17(18)6-5-15(16)9-19/h5-6,8,13-14,20H,3-4,7,10-12H2,1-2H3. The summed E-state index contributed by atoms with van der Waals surface area (Å²) < 4.78 is 13.5. The van der Waals surface area contributed by atoms with Crippen LogP contribution in [-0.4, -0.2) is 30.6 Å². The highest BCUT2D eigenvalue weighted by Gasteiger charge is 2.20. The summed E-state index contributed by atoms with van der Waals surface area (Å²) in [6, 6.07) is 6.96. The molecule has 1 N–H and O–H groups in total. The third-order valence-electron chi connectivity index (χ3n) is 4.18. The van der Waals surface area contributed by atoms with Gasteiger partial charge in [0.1, 0.15) is 5.82 Å². The Morgan fingerprint density at radius 1 is 1.48 bits per heavy atom. The Hall–Kier alpha value is -1.44. The van der Waals surface area contributed by atoms with E-state index in [1.165, 1.54) is 25.0 Å². The maximum Gasteiger partial charge on any atom is 0.123 e. The summed E-state index contributed by atoms with van der Waals surface area (Å²) in [4.78, 5) is 2.34. The minimum Gasteiger partial charge on any atom is -0.316 e. The van der Waals surface area contributed by atoms with Gasteiger partial charge in [-0.1, -0.05) is 0 Å². The average Bonchev–Trinajstić information content (AvgIpc) is 2.48. The van der Waals surface area contributed by atoms with E-state index in [4.69, 9.17) is 0 Å². The monoisotopic (exact) mass is 289 g/mol. The van der Waals surface area contributed by atoms with Crippen LogP contribution >= 0.6 is 0 Å². The molecular weight excluding hydrogens is 265 g/mol. The third-order valence-corrected chi connectivity index (χ3v) is 4.18. The fourth-order valence-electron chi connectivity index (χ4n) is 2.89. The van der Waals surface area contributed by atoms with Crippen LogP contribution in [0.15, 0.2) is 18.2 Å². The fraction of sp³-hybridized carbons (Fsp3) is 0.588. The smallest absolute Gasteiger partial charge is 0.123 e. The zero-order valence-electron chi connectivity index (χ0n) is 12.9. The lowest BCUT2D eigenvalue weighted by Crippen LogP contribution is -2.40. The number of piperidine rings is 1. The number of nitriles is 1. The summed E-state index contributed by atoms with van der Waals surface area (Å²) in [6.07, 6.45) is 2.46. The van der Waals surface area contributed by atoms with E-state index in [1.54, 1.807) is 6.07 Å². The summed E-state index contributed by atoms with van der Waals surface area (Å²) >= 11 is 0. The van der Waals surface area contributed by atoms with E-state index in [0.29, 0.717) is 24.1 Å². The number of rotatable bonds is 5. The molecule has 1 heterocycles. The summed E-state index contributed by atoms with van der Waals surface area (Å²) in [5.74, 6) is 0.368. The molecule has 0 radical (unpaired) electrons. The molecule has 1 fully saturated rings. The molecule has 1 unspecified atom stereocenters. The second kappa shape index (κ2) is 7.53. The number of hydrogen-bond acceptors (Lipinski definition) is 3. The van der Waals surface area contributed by atoms with Crippen LogP contribution in [0.3, 0.4) is 0 Å². The van der Waals surface area contributed by atoms with Crippen LogP contribution < -0.4 is 5.32 Å². The van der Waals surface area contributed by atoms with Crippen molar-refractivity contribution in [3.05, 3.63) is 35.1 Å². The van der Waals surface area contributed by atoms with E-state index in [-0.39, 0.29) is 5.82 Å². The first-order valence-corrected chi connectivity index (χ1v) is 7.73. The van der Waals surface area contributed by atoms with Crippen molar-refractivity contribution in [1.29, 1.82) is 5.26 Å². The van der Waals surface area contributed by atoms with Crippen LogP contribution in [0.2, 0.25) is 0 Å². The van der Waals surface area contributed by atoms with E-state index >= 15 is 0 Å². The van der Waals surface area contributed by atoms with Crippen molar-refractivity contribution in [2.75, 3.05) is 19.6 Å². The van der Waals surface area contributed by atoms with Crippen molar-refractivity contribution < 1.29 is 4.39 Å². The lowest BCUT2D eigenvalue weighted by Gasteiger charge is -2.33. The number of hydrogen-bond donors (Lipinski definition) is 1. The average molecular weight is 289 g/mol. The number of nitrogens with zero attached hydrogens (tertiary/aromatic N) is 2. The van der Waals surface area contributed by atoms with Crippen LogP contribution in [0.1, 0.15) is 37.8 Å². The highest BCUT2D eigenvalue weighted by molar-refractivity contribution is 5.37. The number of nitrogens with one attached hydrogen (secondary N) is 1. The minimum atomic E-state index is -0.271. The van der Waals surface area contributed by atoms with Crippen LogP contribution in [-0.2, 0) is 6.54 Å². The molecule has 1 aliphatic heterocycles. The van der Waals surface area contributed by atoms with Crippen molar-refractivity contribution in [1.82, 2.24) is 10.2 Å². The Kier molecular flexibility index (Phi) is 5.72. The molecule has 1 aromatic rings. The SMILES string of the molecule is CC(C)N(Cc1cc(F)ccc1C#N)CC1CCCNC1. The molecule has 2 rings (SSSR count). The molecule has 1 saturated heterocycles. The Morgan fingerprint density at radius 3 is 2.90 bits per heavy atom. The fourth-order valence-corrected chi connectivity index (χ4v) is 2.89. The van der Waals surface area contributed by atoms with E-state index in [1.807, 2.05) is 0 Å². The molecule has 21 heavy (non-hydrogen) atoms. The second-order valence-electron chi connectivity index (χ2n) is 6.15. The van der Waals surface area contributed by atoms with Gasteiger partial charge >= 0.3 is 0 Å². The first kappa shape index (κ1) is 15.9. The highest BCUT2D eigenvalue weighted by Crippen LogP contribution is 2.18. The minimum absolute atomic E-state index is 0.271. The Morgan fingerprint density at radius 2 is 2.29 bits per heavy atom. The molecule has 0 saturated carbocycles. The quantitative estimate of drug-likeness (QED) is 0.906. The summed E-state index contributed by atoms with van der Waals surface area (Å²) in [5.41, 5.74) is 1.36. The maximum atomic E-state index is 13.5. The maximum absolute atomic E-state index is 13.5. The van der Waals surface area contributed by atoms with Crippen molar-refractivity contribution in [2.24, 2.45) is 5.92 Å². The summed E-state index contributed by atoms with van der Waals surface area (Å²) in [6.45, 7) is 8.10. The van der Waals surface area contributed by atoms with Crippen molar-refractivity contribution in [3.63, 3.8) is 0 Å². The zero-order valence-corrected chi connectivity index (χ0v) is 12.9. The van der Waals surface area contributed by atoms with Crippen LogP contribution in [0.4, 0.5) is 4.39 Å². The molecule has 1 aliphatic rings. The Labute approximate surface area is 126 Å². The van der Waals surface area contributed by atoms with Gasteiger partial charge in [-0.15, -0.1) is 0 Å². The third kappa shape index (κ3) is 4.52. The molecule has 114 valence electrons. The van der Waals surface area contributed by atoms with Gasteiger partial charge in [-0.25, -0.2) is 4.39 Å². The van der Waals surface area contributed by atoms with Gasteiger partial charge in [-0.2, -0.15) is 5.26 Å². The van der Waals surface area contributed by atoms with E-state index in [0.717, 1.165) is 25.2 Å². The molecule has 0 bridgehead atoms. The van der Waals surface area contributed by atoms with Gasteiger partial charge in [-0.3, -0.25) is 4.90 Å². The predicted molar refractivity (Wildman–Crippen MR) is 82.3 cm³/mol. The molecule has 0 spiro atoms. The molecule has 0 amide bonds. The van der Waals surface area contributed by atoms with Gasteiger partial charge < -0.3 is 5.32 Å². The van der Waals surface area contributed by atoms with Gasteiger partial charge in [0.25, 0.3) is 0 Å². The van der Waals surface area contributed by atoms with Crippen molar-refractivity contribution >= 4 is 0 Å². The second-order valence-corrected chi connectivity index (χ2v) is 6.15. The molecule has 4 heteroatoms. The topological polar surface area (TPSA) is 39.1 Å². The van der Waals surface area contributed by atoms with Crippen LogP contribution in [0, 0.1) is 23.1 Å². The van der Waals surface area contributed by atoms with Crippen LogP contribution in [0.5, 0.6) is 0 Å².